The molecule has 0 spiro atoms. The summed E-state index contributed by atoms with van der Waals surface area (Å²) in [4.78, 5) is 23.2. The number of amides is 1. The molecule has 1 amide bonds. The fourth-order valence-corrected chi connectivity index (χ4v) is 2.07. The number of ether oxygens (including phenoxy) is 2. The lowest BCUT2D eigenvalue weighted by molar-refractivity contribution is -0.156. The second-order valence-electron chi connectivity index (χ2n) is 5.33. The van der Waals surface area contributed by atoms with Crippen molar-refractivity contribution >= 4 is 23.3 Å². The van der Waals surface area contributed by atoms with Crippen molar-refractivity contribution in [2.24, 2.45) is 0 Å². The van der Waals surface area contributed by atoms with E-state index in [1.54, 1.807) is 19.1 Å². The van der Waals surface area contributed by atoms with E-state index < -0.39 is 12.1 Å². The molecule has 0 heterocycles. The highest BCUT2D eigenvalue weighted by molar-refractivity contribution is 5.83. The van der Waals surface area contributed by atoms with Crippen LogP contribution in [0.1, 0.15) is 13.8 Å². The monoisotopic (exact) mass is 342 g/mol. The van der Waals surface area contributed by atoms with Crippen LogP contribution in [0.3, 0.4) is 0 Å². The van der Waals surface area contributed by atoms with E-state index in [1.165, 1.54) is 6.92 Å². The van der Waals surface area contributed by atoms with Crippen LogP contribution in [0, 0.1) is 0 Å². The van der Waals surface area contributed by atoms with Crippen molar-refractivity contribution in [3.8, 4) is 5.75 Å². The first-order valence-corrected chi connectivity index (χ1v) is 8.10. The number of para-hydroxylation sites is 1. The number of anilines is 2. The molecule has 0 aliphatic rings. The van der Waals surface area contributed by atoms with Crippen molar-refractivity contribution in [3.63, 3.8) is 0 Å². The smallest absolute Gasteiger partial charge is 0.344 e. The molecule has 2 N–H and O–H groups in total. The Labute approximate surface area is 147 Å². The third kappa shape index (κ3) is 6.18. The Hall–Kier alpha value is -3.02. The number of carbonyl (C=O) groups excluding carboxylic acids is 2. The van der Waals surface area contributed by atoms with Crippen LogP contribution in [0.4, 0.5) is 11.4 Å². The molecule has 0 aliphatic heterocycles. The van der Waals surface area contributed by atoms with Crippen molar-refractivity contribution in [2.45, 2.75) is 20.0 Å². The van der Waals surface area contributed by atoms with Crippen LogP contribution in [0.5, 0.6) is 5.75 Å². The van der Waals surface area contributed by atoms with E-state index >= 15 is 0 Å². The van der Waals surface area contributed by atoms with Crippen LogP contribution in [-0.4, -0.2) is 31.1 Å². The summed E-state index contributed by atoms with van der Waals surface area (Å²) in [6.07, 6.45) is -0.839. The summed E-state index contributed by atoms with van der Waals surface area (Å²) in [6, 6.07) is 17.0. The number of rotatable bonds is 8. The van der Waals surface area contributed by atoms with Crippen molar-refractivity contribution < 1.29 is 19.1 Å². The van der Waals surface area contributed by atoms with Crippen LogP contribution in [-0.2, 0) is 14.3 Å². The first-order chi connectivity index (χ1) is 12.1. The molecule has 2 aromatic carbocycles. The van der Waals surface area contributed by atoms with Gasteiger partial charge in [-0.3, -0.25) is 4.79 Å². The Kier molecular flexibility index (Phi) is 6.83. The molecule has 6 heteroatoms. The van der Waals surface area contributed by atoms with Gasteiger partial charge in [-0.05, 0) is 50.2 Å². The predicted molar refractivity (Wildman–Crippen MR) is 95.9 cm³/mol. The van der Waals surface area contributed by atoms with Gasteiger partial charge in [0.05, 0.1) is 0 Å². The highest BCUT2D eigenvalue weighted by atomic mass is 16.6. The minimum atomic E-state index is -0.839. The minimum absolute atomic E-state index is 0.255. The first-order valence-electron chi connectivity index (χ1n) is 8.10. The zero-order valence-electron chi connectivity index (χ0n) is 14.3. The van der Waals surface area contributed by atoms with Gasteiger partial charge in [0.2, 0.25) is 0 Å². The van der Waals surface area contributed by atoms with Crippen LogP contribution in [0.25, 0.3) is 0 Å². The maximum absolute atomic E-state index is 11.7. The third-order valence-electron chi connectivity index (χ3n) is 3.30. The molecule has 132 valence electrons. The summed E-state index contributed by atoms with van der Waals surface area (Å²) >= 11 is 0. The number of benzene rings is 2. The Morgan fingerprint density at radius 3 is 2.28 bits per heavy atom. The molecular formula is C19H22N2O4. The summed E-state index contributed by atoms with van der Waals surface area (Å²) < 4.78 is 10.4. The molecule has 0 saturated heterocycles. The lowest BCUT2D eigenvalue weighted by Gasteiger charge is -2.13. The van der Waals surface area contributed by atoms with E-state index in [2.05, 4.69) is 10.6 Å². The molecule has 0 saturated carbocycles. The number of hydrogen-bond acceptors (Lipinski definition) is 5. The molecule has 2 aromatic rings. The van der Waals surface area contributed by atoms with Gasteiger partial charge in [0.25, 0.3) is 5.91 Å². The van der Waals surface area contributed by atoms with Crippen molar-refractivity contribution in [1.82, 2.24) is 5.32 Å². The topological polar surface area (TPSA) is 76.7 Å². The fourth-order valence-electron chi connectivity index (χ4n) is 2.07. The summed E-state index contributed by atoms with van der Waals surface area (Å²) in [7, 11) is 0. The molecule has 25 heavy (non-hydrogen) atoms. The van der Waals surface area contributed by atoms with Gasteiger partial charge < -0.3 is 20.1 Å². The van der Waals surface area contributed by atoms with E-state index in [0.29, 0.717) is 12.3 Å². The lowest BCUT2D eigenvalue weighted by Crippen LogP contribution is -2.36. The zero-order chi connectivity index (χ0) is 18.1. The number of esters is 1. The second kappa shape index (κ2) is 9.32. The van der Waals surface area contributed by atoms with Gasteiger partial charge in [0, 0.05) is 17.9 Å². The summed E-state index contributed by atoms with van der Waals surface area (Å²) in [5, 5.41) is 5.84. The van der Waals surface area contributed by atoms with Gasteiger partial charge in [0.1, 0.15) is 5.75 Å². The van der Waals surface area contributed by atoms with E-state index in [4.69, 9.17) is 9.47 Å². The molecular weight excluding hydrogens is 320 g/mol. The molecule has 0 unspecified atom stereocenters. The van der Waals surface area contributed by atoms with Gasteiger partial charge in [-0.2, -0.15) is 0 Å². The number of nitrogens with one attached hydrogen (secondary N) is 2. The average Bonchev–Trinajstić information content (AvgIpc) is 2.62. The molecule has 0 aromatic heterocycles. The molecule has 0 fully saturated rings. The van der Waals surface area contributed by atoms with Gasteiger partial charge in [-0.25, -0.2) is 4.79 Å². The Balaban J connectivity index is 1.79. The van der Waals surface area contributed by atoms with Gasteiger partial charge in [-0.15, -0.1) is 0 Å². The van der Waals surface area contributed by atoms with Crippen LogP contribution in [0.15, 0.2) is 54.6 Å². The highest BCUT2D eigenvalue weighted by Gasteiger charge is 2.17. The predicted octanol–water partition coefficient (Wildman–Crippen LogP) is 2.88. The summed E-state index contributed by atoms with van der Waals surface area (Å²) in [5.41, 5.74) is 1.89. The maximum atomic E-state index is 11.7. The van der Waals surface area contributed by atoms with Crippen molar-refractivity contribution in [3.05, 3.63) is 54.6 Å². The highest BCUT2D eigenvalue weighted by Crippen LogP contribution is 2.19. The van der Waals surface area contributed by atoms with Gasteiger partial charge in [-0.1, -0.05) is 18.2 Å². The lowest BCUT2D eigenvalue weighted by atomic mass is 10.2. The average molecular weight is 342 g/mol. The quantitative estimate of drug-likeness (QED) is 0.722. The van der Waals surface area contributed by atoms with Gasteiger partial charge >= 0.3 is 5.97 Å². The Bertz CT molecular complexity index is 686. The van der Waals surface area contributed by atoms with E-state index in [9.17, 15) is 9.59 Å². The van der Waals surface area contributed by atoms with Gasteiger partial charge in [0.15, 0.2) is 12.7 Å². The normalized spacial score (nSPS) is 11.3. The molecule has 0 radical (unpaired) electrons. The number of hydrogen-bond donors (Lipinski definition) is 2. The summed E-state index contributed by atoms with van der Waals surface area (Å²) in [6.45, 7) is 3.55. The Morgan fingerprint density at radius 2 is 1.64 bits per heavy atom. The largest absolute Gasteiger partial charge is 0.482 e. The minimum Gasteiger partial charge on any atom is -0.482 e. The van der Waals surface area contributed by atoms with Crippen molar-refractivity contribution in [2.75, 3.05) is 18.5 Å². The molecule has 0 bridgehead atoms. The van der Waals surface area contributed by atoms with Crippen molar-refractivity contribution in [1.29, 1.82) is 0 Å². The van der Waals surface area contributed by atoms with Crippen LogP contribution >= 0.6 is 0 Å². The second-order valence-corrected chi connectivity index (χ2v) is 5.33. The number of carbonyl (C=O) groups is 2. The fraction of sp³-hybridized carbons (Fsp3) is 0.263. The standard InChI is InChI=1S/C19H22N2O4/c1-3-20-19(23)14(2)25-18(22)13-24-17-11-9-16(10-12-17)21-15-7-5-4-6-8-15/h4-12,14,21H,3,13H2,1-2H3,(H,20,23)/t14-/m0/s1. The summed E-state index contributed by atoms with van der Waals surface area (Å²) in [5.74, 6) is -0.376. The van der Waals surface area contributed by atoms with Crippen LogP contribution < -0.4 is 15.4 Å². The van der Waals surface area contributed by atoms with E-state index in [1.807, 2.05) is 42.5 Å². The molecule has 2 rings (SSSR count). The molecule has 0 aliphatic carbocycles. The number of likely N-dealkylation sites (N-methyl/N-ethyl adjacent to an activating group) is 1. The van der Waals surface area contributed by atoms with E-state index in [0.717, 1.165) is 11.4 Å². The zero-order valence-corrected chi connectivity index (χ0v) is 14.3. The Morgan fingerprint density at radius 1 is 1.00 bits per heavy atom. The molecule has 1 atom stereocenters. The molecule has 6 nitrogen and oxygen atoms in total. The van der Waals surface area contributed by atoms with Crippen LogP contribution in [0.2, 0.25) is 0 Å². The maximum Gasteiger partial charge on any atom is 0.344 e. The third-order valence-corrected chi connectivity index (χ3v) is 3.30. The first kappa shape index (κ1) is 18.3. The van der Waals surface area contributed by atoms with E-state index in [-0.39, 0.29) is 12.5 Å². The SMILES string of the molecule is CCNC(=O)[C@H](C)OC(=O)COc1ccc(Nc2ccccc2)cc1.